The predicted octanol–water partition coefficient (Wildman–Crippen LogP) is 4.70. The fourth-order valence-corrected chi connectivity index (χ4v) is 3.69. The topological polar surface area (TPSA) is 64.0 Å². The summed E-state index contributed by atoms with van der Waals surface area (Å²) in [6.45, 7) is 8.25. The van der Waals surface area contributed by atoms with Gasteiger partial charge in [0.25, 0.3) is 5.56 Å². The number of aryl methyl sites for hydroxylation is 2. The van der Waals surface area contributed by atoms with Crippen molar-refractivity contribution in [2.75, 3.05) is 11.1 Å². The molecule has 1 amide bonds. The summed E-state index contributed by atoms with van der Waals surface area (Å²) in [5.74, 6) is 0.525. The third-order valence-electron chi connectivity index (χ3n) is 4.44. The van der Waals surface area contributed by atoms with Gasteiger partial charge in [0.1, 0.15) is 5.03 Å². The molecule has 0 aliphatic rings. The molecule has 2 aromatic carbocycles. The van der Waals surface area contributed by atoms with Crippen molar-refractivity contribution in [2.45, 2.75) is 38.6 Å². The Morgan fingerprint density at radius 1 is 1.03 bits per heavy atom. The number of aromatic nitrogens is 2. The van der Waals surface area contributed by atoms with E-state index in [4.69, 9.17) is 0 Å². The van der Waals surface area contributed by atoms with Gasteiger partial charge in [0.2, 0.25) is 5.91 Å². The minimum atomic E-state index is -0.202. The monoisotopic (exact) mass is 407 g/mol. The first-order valence-electron chi connectivity index (χ1n) is 9.53. The number of anilines is 1. The standard InChI is InChI=1S/C23H25N3O2S/c1-15(2)18-5-7-20(8-6-18)26-23(28)10-9-22(25-26)29-14-21(27)24-19-12-16(3)11-17(4)13-19/h5-13,15H,14H2,1-4H3,(H,24,27). The van der Waals surface area contributed by atoms with Gasteiger partial charge < -0.3 is 5.32 Å². The van der Waals surface area contributed by atoms with E-state index >= 15 is 0 Å². The van der Waals surface area contributed by atoms with Crippen LogP contribution in [0, 0.1) is 13.8 Å². The highest BCUT2D eigenvalue weighted by molar-refractivity contribution is 7.99. The molecule has 0 unspecified atom stereocenters. The van der Waals surface area contributed by atoms with Crippen LogP contribution in [0.2, 0.25) is 0 Å². The lowest BCUT2D eigenvalue weighted by molar-refractivity contribution is -0.113. The zero-order valence-electron chi connectivity index (χ0n) is 17.1. The van der Waals surface area contributed by atoms with E-state index in [0.29, 0.717) is 16.6 Å². The number of hydrogen-bond acceptors (Lipinski definition) is 4. The molecule has 5 nitrogen and oxygen atoms in total. The molecule has 0 radical (unpaired) electrons. The Hall–Kier alpha value is -2.86. The van der Waals surface area contributed by atoms with Crippen LogP contribution in [0.3, 0.4) is 0 Å². The molecule has 29 heavy (non-hydrogen) atoms. The summed E-state index contributed by atoms with van der Waals surface area (Å²) in [6.07, 6.45) is 0. The predicted molar refractivity (Wildman–Crippen MR) is 119 cm³/mol. The fourth-order valence-electron chi connectivity index (χ4n) is 3.04. The van der Waals surface area contributed by atoms with Crippen LogP contribution < -0.4 is 10.9 Å². The molecule has 0 bridgehead atoms. The number of carbonyl (C=O) groups is 1. The third-order valence-corrected chi connectivity index (χ3v) is 5.36. The summed E-state index contributed by atoms with van der Waals surface area (Å²) in [5, 5.41) is 7.94. The molecule has 1 N–H and O–H groups in total. The minimum absolute atomic E-state index is 0.110. The molecule has 1 heterocycles. The molecule has 6 heteroatoms. The maximum atomic E-state index is 12.3. The van der Waals surface area contributed by atoms with Crippen LogP contribution in [0.1, 0.15) is 36.5 Å². The Morgan fingerprint density at radius 3 is 2.31 bits per heavy atom. The average molecular weight is 408 g/mol. The molecule has 0 aliphatic carbocycles. The second-order valence-electron chi connectivity index (χ2n) is 7.38. The molecule has 0 saturated carbocycles. The maximum Gasteiger partial charge on any atom is 0.271 e. The van der Waals surface area contributed by atoms with E-state index in [1.165, 1.54) is 28.1 Å². The first-order valence-corrected chi connectivity index (χ1v) is 10.5. The van der Waals surface area contributed by atoms with Gasteiger partial charge in [-0.3, -0.25) is 9.59 Å². The summed E-state index contributed by atoms with van der Waals surface area (Å²) in [5.41, 5.74) is 4.70. The Morgan fingerprint density at radius 2 is 1.69 bits per heavy atom. The lowest BCUT2D eigenvalue weighted by Gasteiger charge is -2.10. The SMILES string of the molecule is Cc1cc(C)cc(NC(=O)CSc2ccc(=O)n(-c3ccc(C(C)C)cc3)n2)c1. The highest BCUT2D eigenvalue weighted by Gasteiger charge is 2.09. The van der Waals surface area contributed by atoms with Crippen molar-refractivity contribution >= 4 is 23.4 Å². The number of amides is 1. The van der Waals surface area contributed by atoms with E-state index in [1.807, 2.05) is 50.2 Å². The van der Waals surface area contributed by atoms with Crippen LogP contribution in [0.5, 0.6) is 0 Å². The quantitative estimate of drug-likeness (QED) is 0.602. The second-order valence-corrected chi connectivity index (χ2v) is 8.38. The van der Waals surface area contributed by atoms with Gasteiger partial charge in [-0.25, -0.2) is 0 Å². The van der Waals surface area contributed by atoms with Gasteiger partial charge >= 0.3 is 0 Å². The van der Waals surface area contributed by atoms with Gasteiger partial charge in [-0.2, -0.15) is 9.78 Å². The first-order chi connectivity index (χ1) is 13.8. The van der Waals surface area contributed by atoms with Gasteiger partial charge in [0.05, 0.1) is 11.4 Å². The van der Waals surface area contributed by atoms with Crippen LogP contribution >= 0.6 is 11.8 Å². The van der Waals surface area contributed by atoms with Crippen molar-refractivity contribution in [3.05, 3.63) is 81.6 Å². The van der Waals surface area contributed by atoms with Crippen molar-refractivity contribution in [2.24, 2.45) is 0 Å². The smallest absolute Gasteiger partial charge is 0.271 e. The Balaban J connectivity index is 1.69. The second kappa shape index (κ2) is 9.09. The number of rotatable bonds is 6. The maximum absolute atomic E-state index is 12.3. The van der Waals surface area contributed by atoms with E-state index in [0.717, 1.165) is 16.8 Å². The number of thioether (sulfide) groups is 1. The highest BCUT2D eigenvalue weighted by atomic mass is 32.2. The van der Waals surface area contributed by atoms with Crippen LogP contribution in [0.15, 0.2) is 64.4 Å². The van der Waals surface area contributed by atoms with Crippen molar-refractivity contribution in [3.8, 4) is 5.69 Å². The summed E-state index contributed by atoms with van der Waals surface area (Å²) < 4.78 is 1.37. The van der Waals surface area contributed by atoms with Gasteiger partial charge in [-0.05, 0) is 66.8 Å². The molecule has 1 aromatic heterocycles. The van der Waals surface area contributed by atoms with Gasteiger partial charge in [-0.15, -0.1) is 0 Å². The number of carbonyl (C=O) groups excluding carboxylic acids is 1. The van der Waals surface area contributed by atoms with Crippen molar-refractivity contribution in [3.63, 3.8) is 0 Å². The van der Waals surface area contributed by atoms with Gasteiger partial charge in [-0.1, -0.05) is 43.8 Å². The van der Waals surface area contributed by atoms with E-state index in [2.05, 4.69) is 30.3 Å². The van der Waals surface area contributed by atoms with Crippen molar-refractivity contribution in [1.82, 2.24) is 9.78 Å². The largest absolute Gasteiger partial charge is 0.325 e. The van der Waals surface area contributed by atoms with Crippen LogP contribution in [0.25, 0.3) is 5.69 Å². The van der Waals surface area contributed by atoms with Gasteiger partial charge in [0.15, 0.2) is 0 Å². The van der Waals surface area contributed by atoms with Crippen LogP contribution in [-0.2, 0) is 4.79 Å². The first kappa shape index (κ1) is 20.9. The summed E-state index contributed by atoms with van der Waals surface area (Å²) >= 11 is 1.30. The van der Waals surface area contributed by atoms with E-state index in [9.17, 15) is 9.59 Å². The number of nitrogens with zero attached hydrogens (tertiary/aromatic N) is 2. The molecule has 150 valence electrons. The van der Waals surface area contributed by atoms with Crippen LogP contribution in [-0.4, -0.2) is 21.4 Å². The minimum Gasteiger partial charge on any atom is -0.325 e. The Bertz CT molecular complexity index is 1050. The summed E-state index contributed by atoms with van der Waals surface area (Å²) in [4.78, 5) is 24.5. The van der Waals surface area contributed by atoms with Crippen molar-refractivity contribution in [1.29, 1.82) is 0 Å². The molecular weight excluding hydrogens is 382 g/mol. The Kier molecular flexibility index (Phi) is 6.54. The lowest BCUT2D eigenvalue weighted by Crippen LogP contribution is -2.21. The molecule has 0 atom stereocenters. The zero-order chi connectivity index (χ0) is 21.0. The zero-order valence-corrected chi connectivity index (χ0v) is 17.9. The molecule has 3 aromatic rings. The molecule has 3 rings (SSSR count). The highest BCUT2D eigenvalue weighted by Crippen LogP contribution is 2.19. The Labute approximate surface area is 175 Å². The molecule has 0 fully saturated rings. The molecular formula is C23H25N3O2S. The molecule has 0 saturated heterocycles. The summed E-state index contributed by atoms with van der Waals surface area (Å²) in [6, 6.07) is 16.9. The average Bonchev–Trinajstić information content (AvgIpc) is 2.66. The van der Waals surface area contributed by atoms with E-state index < -0.39 is 0 Å². The van der Waals surface area contributed by atoms with Crippen molar-refractivity contribution < 1.29 is 4.79 Å². The number of nitrogens with one attached hydrogen (secondary N) is 1. The lowest BCUT2D eigenvalue weighted by atomic mass is 10.0. The fraction of sp³-hybridized carbons (Fsp3) is 0.261. The normalized spacial score (nSPS) is 10.9. The summed E-state index contributed by atoms with van der Waals surface area (Å²) in [7, 11) is 0. The van der Waals surface area contributed by atoms with Crippen LogP contribution in [0.4, 0.5) is 5.69 Å². The number of benzene rings is 2. The molecule has 0 spiro atoms. The number of hydrogen-bond donors (Lipinski definition) is 1. The van der Waals surface area contributed by atoms with E-state index in [-0.39, 0.29) is 17.2 Å². The molecule has 0 aliphatic heterocycles. The van der Waals surface area contributed by atoms with E-state index in [1.54, 1.807) is 6.07 Å². The third kappa shape index (κ3) is 5.57. The van der Waals surface area contributed by atoms with Gasteiger partial charge in [0, 0.05) is 11.8 Å².